The van der Waals surface area contributed by atoms with Crippen LogP contribution in [0.1, 0.15) is 44.7 Å². The van der Waals surface area contributed by atoms with Crippen LogP contribution in [0.15, 0.2) is 41.8 Å². The second-order valence-corrected chi connectivity index (χ2v) is 8.79. The Morgan fingerprint density at radius 1 is 1.14 bits per heavy atom. The van der Waals surface area contributed by atoms with E-state index in [2.05, 4.69) is 4.98 Å². The van der Waals surface area contributed by atoms with E-state index >= 15 is 0 Å². The zero-order valence-corrected chi connectivity index (χ0v) is 17.6. The number of fused-ring (bicyclic) bond motifs is 1. The van der Waals surface area contributed by atoms with Crippen molar-refractivity contribution in [3.05, 3.63) is 47.5 Å². The van der Waals surface area contributed by atoms with Crippen molar-refractivity contribution in [2.45, 2.75) is 39.0 Å². The molecule has 0 bridgehead atoms. The molecule has 2 amide bonds. The van der Waals surface area contributed by atoms with E-state index in [9.17, 15) is 9.59 Å². The molecule has 2 fully saturated rings. The summed E-state index contributed by atoms with van der Waals surface area (Å²) in [7, 11) is 0. The molecule has 1 aromatic carbocycles. The van der Waals surface area contributed by atoms with Crippen LogP contribution in [0.3, 0.4) is 0 Å². The molecule has 0 radical (unpaired) electrons. The summed E-state index contributed by atoms with van der Waals surface area (Å²) < 4.78 is 0. The van der Waals surface area contributed by atoms with Gasteiger partial charge in [0.2, 0.25) is 11.8 Å². The summed E-state index contributed by atoms with van der Waals surface area (Å²) in [5, 5.41) is 2.49. The van der Waals surface area contributed by atoms with Crippen molar-refractivity contribution in [3.8, 4) is 0 Å². The van der Waals surface area contributed by atoms with E-state index in [1.807, 2.05) is 40.6 Å². The van der Waals surface area contributed by atoms with E-state index in [4.69, 9.17) is 0 Å². The lowest BCUT2D eigenvalue weighted by Gasteiger charge is -2.41. The number of benzene rings is 1. The average molecular weight is 410 g/mol. The van der Waals surface area contributed by atoms with Crippen LogP contribution >= 0.6 is 11.3 Å². The molecule has 0 spiro atoms. The Morgan fingerprint density at radius 3 is 2.66 bits per heavy atom. The van der Waals surface area contributed by atoms with Gasteiger partial charge in [0.25, 0.3) is 0 Å². The SMILES string of the molecule is CC(=O)N(c1ccccc1)c1nc(/C=C/C(=O)N2CC[C@@H]3CCCC[C@H]3C2)cs1. The van der Waals surface area contributed by atoms with Crippen LogP contribution in [-0.4, -0.2) is 34.8 Å². The van der Waals surface area contributed by atoms with Crippen LogP contribution in [0, 0.1) is 11.8 Å². The number of nitrogens with zero attached hydrogens (tertiary/aromatic N) is 3. The van der Waals surface area contributed by atoms with Crippen LogP contribution in [0.25, 0.3) is 6.08 Å². The molecule has 152 valence electrons. The van der Waals surface area contributed by atoms with Gasteiger partial charge in [-0.05, 0) is 42.9 Å². The highest BCUT2D eigenvalue weighted by atomic mass is 32.1. The largest absolute Gasteiger partial charge is 0.339 e. The van der Waals surface area contributed by atoms with E-state index in [1.54, 1.807) is 17.1 Å². The number of carbonyl (C=O) groups is 2. The third kappa shape index (κ3) is 4.58. The molecule has 2 heterocycles. The Balaban J connectivity index is 1.42. The average Bonchev–Trinajstić information content (AvgIpc) is 3.20. The van der Waals surface area contributed by atoms with Crippen molar-refractivity contribution >= 4 is 40.0 Å². The second-order valence-electron chi connectivity index (χ2n) is 7.96. The Labute approximate surface area is 176 Å². The molecular formula is C23H27N3O2S. The number of anilines is 2. The van der Waals surface area contributed by atoms with Gasteiger partial charge in [-0.15, -0.1) is 11.3 Å². The third-order valence-corrected chi connectivity index (χ3v) is 6.87. The van der Waals surface area contributed by atoms with E-state index in [0.29, 0.717) is 16.7 Å². The third-order valence-electron chi connectivity index (χ3n) is 6.03. The van der Waals surface area contributed by atoms with Crippen molar-refractivity contribution in [3.63, 3.8) is 0 Å². The number of amides is 2. The predicted molar refractivity (Wildman–Crippen MR) is 117 cm³/mol. The maximum absolute atomic E-state index is 12.7. The zero-order chi connectivity index (χ0) is 20.2. The zero-order valence-electron chi connectivity index (χ0n) is 16.8. The molecule has 5 nitrogen and oxygen atoms in total. The molecule has 1 aromatic heterocycles. The van der Waals surface area contributed by atoms with Crippen LogP contribution in [0.4, 0.5) is 10.8 Å². The topological polar surface area (TPSA) is 53.5 Å². The van der Waals surface area contributed by atoms with Gasteiger partial charge in [0, 0.05) is 31.5 Å². The normalized spacial score (nSPS) is 21.8. The van der Waals surface area contributed by atoms with Gasteiger partial charge in [-0.3, -0.25) is 14.5 Å². The van der Waals surface area contributed by atoms with Crippen molar-refractivity contribution in [2.75, 3.05) is 18.0 Å². The molecule has 0 unspecified atom stereocenters. The van der Waals surface area contributed by atoms with E-state index in [1.165, 1.54) is 43.9 Å². The molecule has 4 rings (SSSR count). The molecule has 1 aliphatic carbocycles. The number of carbonyl (C=O) groups excluding carboxylic acids is 2. The van der Waals surface area contributed by atoms with Crippen LogP contribution in [-0.2, 0) is 9.59 Å². The highest BCUT2D eigenvalue weighted by molar-refractivity contribution is 7.14. The number of hydrogen-bond acceptors (Lipinski definition) is 4. The molecule has 1 aliphatic heterocycles. The summed E-state index contributed by atoms with van der Waals surface area (Å²) in [6, 6.07) is 9.48. The van der Waals surface area contributed by atoms with Crippen LogP contribution in [0.2, 0.25) is 0 Å². The van der Waals surface area contributed by atoms with Gasteiger partial charge >= 0.3 is 0 Å². The molecule has 2 aliphatic rings. The van der Waals surface area contributed by atoms with Gasteiger partial charge in [0.05, 0.1) is 11.4 Å². The first-order valence-corrected chi connectivity index (χ1v) is 11.3. The fourth-order valence-electron chi connectivity index (χ4n) is 4.52. The molecule has 2 aromatic rings. The minimum absolute atomic E-state index is 0.0649. The fraction of sp³-hybridized carbons (Fsp3) is 0.435. The van der Waals surface area contributed by atoms with Gasteiger partial charge < -0.3 is 4.90 Å². The lowest BCUT2D eigenvalue weighted by Crippen LogP contribution is -2.44. The lowest BCUT2D eigenvalue weighted by atomic mass is 9.75. The van der Waals surface area contributed by atoms with Crippen molar-refractivity contribution in [1.29, 1.82) is 0 Å². The van der Waals surface area contributed by atoms with Crippen molar-refractivity contribution in [2.24, 2.45) is 11.8 Å². The number of likely N-dealkylation sites (tertiary alicyclic amines) is 1. The first kappa shape index (κ1) is 19.8. The highest BCUT2D eigenvalue weighted by Gasteiger charge is 2.32. The maximum atomic E-state index is 12.7. The minimum atomic E-state index is -0.0903. The van der Waals surface area contributed by atoms with Crippen molar-refractivity contribution < 1.29 is 9.59 Å². The van der Waals surface area contributed by atoms with Gasteiger partial charge in [-0.2, -0.15) is 0 Å². The summed E-state index contributed by atoms with van der Waals surface area (Å²) in [4.78, 5) is 33.0. The van der Waals surface area contributed by atoms with Crippen molar-refractivity contribution in [1.82, 2.24) is 9.88 Å². The Bertz CT molecular complexity index is 893. The van der Waals surface area contributed by atoms with E-state index < -0.39 is 0 Å². The van der Waals surface area contributed by atoms with Gasteiger partial charge in [0.15, 0.2) is 5.13 Å². The summed E-state index contributed by atoms with van der Waals surface area (Å²) in [6.45, 7) is 3.28. The maximum Gasteiger partial charge on any atom is 0.246 e. The summed E-state index contributed by atoms with van der Waals surface area (Å²) in [5.74, 6) is 1.46. The molecule has 1 saturated heterocycles. The number of rotatable bonds is 4. The molecule has 0 N–H and O–H groups in total. The molecular weight excluding hydrogens is 382 g/mol. The highest BCUT2D eigenvalue weighted by Crippen LogP contribution is 2.36. The minimum Gasteiger partial charge on any atom is -0.339 e. The summed E-state index contributed by atoms with van der Waals surface area (Å²) >= 11 is 1.40. The first-order chi connectivity index (χ1) is 14.1. The molecule has 6 heteroatoms. The molecule has 1 saturated carbocycles. The van der Waals surface area contributed by atoms with E-state index in [-0.39, 0.29) is 11.8 Å². The Morgan fingerprint density at radius 2 is 1.90 bits per heavy atom. The molecule has 2 atom stereocenters. The number of aromatic nitrogens is 1. The van der Waals surface area contributed by atoms with Gasteiger partial charge in [0.1, 0.15) is 0 Å². The van der Waals surface area contributed by atoms with E-state index in [0.717, 1.165) is 31.1 Å². The predicted octanol–water partition coefficient (Wildman–Crippen LogP) is 4.88. The number of piperidine rings is 1. The Hall–Kier alpha value is -2.47. The summed E-state index contributed by atoms with van der Waals surface area (Å²) in [5.41, 5.74) is 1.49. The smallest absolute Gasteiger partial charge is 0.246 e. The monoisotopic (exact) mass is 409 g/mol. The van der Waals surface area contributed by atoms with Crippen LogP contribution in [0.5, 0.6) is 0 Å². The lowest BCUT2D eigenvalue weighted by molar-refractivity contribution is -0.129. The standard InChI is InChI=1S/C23H27N3O2S/c1-17(27)26(21-9-3-2-4-10-21)23-24-20(16-29-23)11-12-22(28)25-14-13-18-7-5-6-8-19(18)15-25/h2-4,9-12,16,18-19H,5-8,13-15H2,1H3/b12-11+/t18-,19-/m0/s1. The number of thiazole rings is 1. The first-order valence-electron chi connectivity index (χ1n) is 10.4. The second kappa shape index (κ2) is 8.91. The number of hydrogen-bond donors (Lipinski definition) is 0. The molecule has 29 heavy (non-hydrogen) atoms. The quantitative estimate of drug-likeness (QED) is 0.676. The summed E-state index contributed by atoms with van der Waals surface area (Å²) in [6.07, 6.45) is 9.76. The van der Waals surface area contributed by atoms with Crippen LogP contribution < -0.4 is 4.90 Å². The number of para-hydroxylation sites is 1. The fourth-order valence-corrected chi connectivity index (χ4v) is 5.38. The van der Waals surface area contributed by atoms with Gasteiger partial charge in [-0.1, -0.05) is 37.5 Å². The van der Waals surface area contributed by atoms with Gasteiger partial charge in [-0.25, -0.2) is 4.98 Å². The Kier molecular flexibility index (Phi) is 6.09.